The van der Waals surface area contributed by atoms with E-state index in [0.29, 0.717) is 5.84 Å². The molecule has 0 N–H and O–H groups in total. The van der Waals surface area contributed by atoms with Gasteiger partial charge in [0.05, 0.1) is 0 Å². The summed E-state index contributed by atoms with van der Waals surface area (Å²) in [7, 11) is 1.68. The second-order valence-corrected chi connectivity index (χ2v) is 2.21. The predicted octanol–water partition coefficient (Wildman–Crippen LogP) is 1.19. The topological polar surface area (TPSA) is 50.0 Å². The fraction of sp³-hybridized carbons (Fsp3) is 0.111. The Labute approximate surface area is 76.8 Å². The molecule has 0 aliphatic carbocycles. The Balaban J connectivity index is 2.92. The van der Waals surface area contributed by atoms with Crippen molar-refractivity contribution in [2.45, 2.75) is 0 Å². The number of pyridine rings is 1. The summed E-state index contributed by atoms with van der Waals surface area (Å²) >= 11 is 0. The summed E-state index contributed by atoms with van der Waals surface area (Å²) in [6.45, 7) is 3.29. The Bertz CT molecular complexity index is 327. The van der Waals surface area contributed by atoms with Gasteiger partial charge < -0.3 is 0 Å². The van der Waals surface area contributed by atoms with Gasteiger partial charge in [0.2, 0.25) is 0 Å². The van der Waals surface area contributed by atoms with Gasteiger partial charge in [-0.15, -0.1) is 0 Å². The molecule has 4 heteroatoms. The molecule has 0 bridgehead atoms. The molecule has 0 atom stereocenters. The zero-order valence-corrected chi connectivity index (χ0v) is 7.38. The van der Waals surface area contributed by atoms with E-state index in [2.05, 4.69) is 26.7 Å². The number of hydrogen-bond acceptors (Lipinski definition) is 2. The first-order valence-electron chi connectivity index (χ1n) is 3.74. The summed E-state index contributed by atoms with van der Waals surface area (Å²) in [5, 5.41) is 0. The molecule has 4 nitrogen and oxygen atoms in total. The van der Waals surface area contributed by atoms with Gasteiger partial charge in [-0.1, -0.05) is 0 Å². The summed E-state index contributed by atoms with van der Waals surface area (Å²) in [5.74, 6) is 0.620. The number of aliphatic imine (C=N–C) groups is 3. The van der Waals surface area contributed by atoms with Crippen LogP contribution in [0.3, 0.4) is 0 Å². The number of rotatable bonds is 2. The van der Waals surface area contributed by atoms with Gasteiger partial charge in [0.25, 0.3) is 0 Å². The Morgan fingerprint density at radius 1 is 1.46 bits per heavy atom. The van der Waals surface area contributed by atoms with Crippen molar-refractivity contribution in [3.05, 3.63) is 30.1 Å². The molecule has 66 valence electrons. The zero-order valence-electron chi connectivity index (χ0n) is 7.38. The Kier molecular flexibility index (Phi) is 3.50. The molecule has 0 aromatic carbocycles. The SMILES string of the molecule is C=NC=NC(=NC)c1ccncc1. The number of nitrogens with zero attached hydrogens (tertiary/aromatic N) is 4. The van der Waals surface area contributed by atoms with Crippen molar-refractivity contribution in [3.63, 3.8) is 0 Å². The number of aromatic nitrogens is 1. The van der Waals surface area contributed by atoms with Gasteiger partial charge in [-0.05, 0) is 18.9 Å². The van der Waals surface area contributed by atoms with Gasteiger partial charge in [-0.3, -0.25) is 15.0 Å². The maximum absolute atomic E-state index is 4.00. The molecular formula is C9H10N4. The molecule has 1 aromatic rings. The smallest absolute Gasteiger partial charge is 0.156 e. The van der Waals surface area contributed by atoms with E-state index in [0.717, 1.165) is 5.56 Å². The van der Waals surface area contributed by atoms with Crippen molar-refractivity contribution in [3.8, 4) is 0 Å². The maximum Gasteiger partial charge on any atom is 0.156 e. The van der Waals surface area contributed by atoms with Gasteiger partial charge in [0.15, 0.2) is 5.84 Å². The van der Waals surface area contributed by atoms with Gasteiger partial charge >= 0.3 is 0 Å². The molecule has 1 heterocycles. The molecule has 0 unspecified atom stereocenters. The van der Waals surface area contributed by atoms with Crippen LogP contribution in [0, 0.1) is 0 Å². The lowest BCUT2D eigenvalue weighted by Gasteiger charge is -1.96. The van der Waals surface area contributed by atoms with Crippen molar-refractivity contribution in [2.24, 2.45) is 15.0 Å². The first kappa shape index (κ1) is 9.25. The standard InChI is InChI=1S/C9H10N4/c1-10-7-13-9(11-2)8-3-5-12-6-4-8/h3-7H,1H2,2H3. The summed E-state index contributed by atoms with van der Waals surface area (Å²) < 4.78 is 0. The van der Waals surface area contributed by atoms with E-state index < -0.39 is 0 Å². The molecule has 1 rings (SSSR count). The maximum atomic E-state index is 4.00. The molecule has 0 aliphatic rings. The van der Waals surface area contributed by atoms with Crippen LogP contribution in [0.25, 0.3) is 0 Å². The largest absolute Gasteiger partial charge is 0.270 e. The first-order valence-corrected chi connectivity index (χ1v) is 3.74. The molecule has 0 saturated carbocycles. The fourth-order valence-corrected chi connectivity index (χ4v) is 0.858. The van der Waals surface area contributed by atoms with E-state index in [1.807, 2.05) is 12.1 Å². The highest BCUT2D eigenvalue weighted by atomic mass is 14.9. The Morgan fingerprint density at radius 2 is 2.15 bits per heavy atom. The predicted molar refractivity (Wildman–Crippen MR) is 54.7 cm³/mol. The van der Waals surface area contributed by atoms with E-state index in [1.165, 1.54) is 6.34 Å². The lowest BCUT2D eigenvalue weighted by atomic mass is 10.2. The van der Waals surface area contributed by atoms with Crippen molar-refractivity contribution in [2.75, 3.05) is 7.05 Å². The summed E-state index contributed by atoms with van der Waals surface area (Å²) in [4.78, 5) is 15.4. The van der Waals surface area contributed by atoms with E-state index in [9.17, 15) is 0 Å². The molecule has 0 aliphatic heterocycles. The molecule has 0 radical (unpaired) electrons. The fourth-order valence-electron chi connectivity index (χ4n) is 0.858. The lowest BCUT2D eigenvalue weighted by molar-refractivity contribution is 1.30. The van der Waals surface area contributed by atoms with Crippen LogP contribution in [0.4, 0.5) is 0 Å². The molecular weight excluding hydrogens is 164 g/mol. The highest BCUT2D eigenvalue weighted by molar-refractivity contribution is 6.02. The lowest BCUT2D eigenvalue weighted by Crippen LogP contribution is -1.96. The van der Waals surface area contributed by atoms with Gasteiger partial charge in [0, 0.05) is 25.0 Å². The van der Waals surface area contributed by atoms with Gasteiger partial charge in [-0.2, -0.15) is 0 Å². The third-order valence-corrected chi connectivity index (χ3v) is 1.41. The van der Waals surface area contributed by atoms with E-state index in [1.54, 1.807) is 19.4 Å². The normalized spacial score (nSPS) is 11.9. The second kappa shape index (κ2) is 4.92. The minimum atomic E-state index is 0.620. The van der Waals surface area contributed by atoms with Crippen LogP contribution in [0.2, 0.25) is 0 Å². The number of hydrogen-bond donors (Lipinski definition) is 0. The van der Waals surface area contributed by atoms with Crippen molar-refractivity contribution in [1.82, 2.24) is 4.98 Å². The van der Waals surface area contributed by atoms with Crippen molar-refractivity contribution < 1.29 is 0 Å². The monoisotopic (exact) mass is 174 g/mol. The van der Waals surface area contributed by atoms with Gasteiger partial charge in [-0.25, -0.2) is 4.99 Å². The highest BCUT2D eigenvalue weighted by Crippen LogP contribution is 1.99. The van der Waals surface area contributed by atoms with Gasteiger partial charge in [0.1, 0.15) is 6.34 Å². The van der Waals surface area contributed by atoms with Crippen LogP contribution >= 0.6 is 0 Å². The minimum absolute atomic E-state index is 0.620. The van der Waals surface area contributed by atoms with Crippen LogP contribution in [0.5, 0.6) is 0 Å². The van der Waals surface area contributed by atoms with Crippen molar-refractivity contribution in [1.29, 1.82) is 0 Å². The first-order chi connectivity index (χ1) is 6.38. The van der Waals surface area contributed by atoms with E-state index >= 15 is 0 Å². The van der Waals surface area contributed by atoms with E-state index in [-0.39, 0.29) is 0 Å². The summed E-state index contributed by atoms with van der Waals surface area (Å²) in [6, 6.07) is 3.67. The van der Waals surface area contributed by atoms with E-state index in [4.69, 9.17) is 0 Å². The third-order valence-electron chi connectivity index (χ3n) is 1.41. The summed E-state index contributed by atoms with van der Waals surface area (Å²) in [6.07, 6.45) is 4.75. The van der Waals surface area contributed by atoms with Crippen molar-refractivity contribution >= 4 is 18.9 Å². The Morgan fingerprint density at radius 3 is 2.69 bits per heavy atom. The number of amidine groups is 1. The van der Waals surface area contributed by atoms with Crippen LogP contribution in [0.15, 0.2) is 39.5 Å². The average Bonchev–Trinajstić information content (AvgIpc) is 2.21. The molecule has 13 heavy (non-hydrogen) atoms. The molecule has 0 amide bonds. The summed E-state index contributed by atoms with van der Waals surface area (Å²) in [5.41, 5.74) is 0.914. The molecule has 0 fully saturated rings. The Hall–Kier alpha value is -1.84. The molecule has 1 aromatic heterocycles. The molecule has 0 spiro atoms. The zero-order chi connectivity index (χ0) is 9.52. The van der Waals surface area contributed by atoms with Crippen LogP contribution in [-0.4, -0.2) is 30.9 Å². The van der Waals surface area contributed by atoms with Crippen LogP contribution in [0.1, 0.15) is 5.56 Å². The van der Waals surface area contributed by atoms with Crippen LogP contribution in [-0.2, 0) is 0 Å². The quantitative estimate of drug-likeness (QED) is 0.490. The highest BCUT2D eigenvalue weighted by Gasteiger charge is 1.97. The average molecular weight is 174 g/mol. The molecule has 0 saturated heterocycles. The van der Waals surface area contributed by atoms with Crippen LogP contribution < -0.4 is 0 Å². The minimum Gasteiger partial charge on any atom is -0.270 e. The third kappa shape index (κ3) is 2.59. The second-order valence-electron chi connectivity index (χ2n) is 2.21.